The summed E-state index contributed by atoms with van der Waals surface area (Å²) in [7, 11) is 0. The summed E-state index contributed by atoms with van der Waals surface area (Å²) in [5.41, 5.74) is 0.550. The zero-order valence-corrected chi connectivity index (χ0v) is 11.6. The van der Waals surface area contributed by atoms with E-state index >= 15 is 0 Å². The van der Waals surface area contributed by atoms with Crippen molar-refractivity contribution >= 4 is 16.7 Å². The molecule has 0 bridgehead atoms. The van der Waals surface area contributed by atoms with Crippen molar-refractivity contribution < 1.29 is 8.78 Å². The molecule has 2 rings (SSSR count). The van der Waals surface area contributed by atoms with E-state index in [2.05, 4.69) is 22.2 Å². The van der Waals surface area contributed by atoms with E-state index in [1.807, 2.05) is 12.1 Å². The highest BCUT2D eigenvalue weighted by atomic mass is 19.3. The minimum Gasteiger partial charge on any atom is -0.369 e. The van der Waals surface area contributed by atoms with Crippen molar-refractivity contribution in [1.82, 2.24) is 9.97 Å². The minimum absolute atomic E-state index is 0.417. The first-order valence-electron chi connectivity index (χ1n) is 7.01. The number of halogens is 2. The van der Waals surface area contributed by atoms with Crippen LogP contribution in [0.3, 0.4) is 0 Å². The molecular formula is C15H19F2N3. The summed E-state index contributed by atoms with van der Waals surface area (Å²) in [6, 6.07) is 7.22. The zero-order valence-electron chi connectivity index (χ0n) is 11.6. The fraction of sp³-hybridized carbons (Fsp3) is 0.467. The maximum absolute atomic E-state index is 12.8. The summed E-state index contributed by atoms with van der Waals surface area (Å²) < 4.78 is 25.6. The van der Waals surface area contributed by atoms with Crippen molar-refractivity contribution in [2.75, 3.05) is 11.9 Å². The molecule has 20 heavy (non-hydrogen) atoms. The van der Waals surface area contributed by atoms with Crippen molar-refractivity contribution in [2.24, 2.45) is 0 Å². The number of nitrogens with zero attached hydrogens (tertiary/aromatic N) is 2. The predicted molar refractivity (Wildman–Crippen MR) is 77.1 cm³/mol. The number of alkyl halides is 2. The van der Waals surface area contributed by atoms with E-state index in [1.54, 1.807) is 12.1 Å². The number of fused-ring (bicyclic) bond motifs is 1. The molecule has 1 aromatic heterocycles. The molecular weight excluding hydrogens is 260 g/mol. The van der Waals surface area contributed by atoms with E-state index < -0.39 is 12.2 Å². The van der Waals surface area contributed by atoms with Gasteiger partial charge in [-0.05, 0) is 18.6 Å². The van der Waals surface area contributed by atoms with Gasteiger partial charge in [0.2, 0.25) is 0 Å². The Hall–Kier alpha value is -1.78. The summed E-state index contributed by atoms with van der Waals surface area (Å²) in [4.78, 5) is 7.84. The second kappa shape index (κ2) is 7.12. The molecule has 0 atom stereocenters. The number of hydrogen-bond acceptors (Lipinski definition) is 3. The first-order valence-corrected chi connectivity index (χ1v) is 7.01. The smallest absolute Gasteiger partial charge is 0.297 e. The molecule has 0 spiro atoms. The van der Waals surface area contributed by atoms with E-state index in [1.165, 1.54) is 12.8 Å². The van der Waals surface area contributed by atoms with Gasteiger partial charge in [0.1, 0.15) is 5.82 Å². The van der Waals surface area contributed by atoms with Crippen LogP contribution in [0.2, 0.25) is 0 Å². The second-order valence-corrected chi connectivity index (χ2v) is 4.74. The van der Waals surface area contributed by atoms with Gasteiger partial charge in [0.05, 0.1) is 5.52 Å². The lowest BCUT2D eigenvalue weighted by Crippen LogP contribution is -2.07. The fourth-order valence-electron chi connectivity index (χ4n) is 2.09. The average Bonchev–Trinajstić information content (AvgIpc) is 2.46. The Balaban J connectivity index is 2.17. The molecule has 1 N–H and O–H groups in total. The number of unbranched alkanes of at least 4 members (excludes halogenated alkanes) is 3. The van der Waals surface area contributed by atoms with Gasteiger partial charge < -0.3 is 5.32 Å². The van der Waals surface area contributed by atoms with Gasteiger partial charge >= 0.3 is 0 Å². The minimum atomic E-state index is -2.65. The molecule has 1 aromatic carbocycles. The zero-order chi connectivity index (χ0) is 14.4. The van der Waals surface area contributed by atoms with Crippen LogP contribution in [-0.2, 0) is 0 Å². The number of para-hydroxylation sites is 1. The summed E-state index contributed by atoms with van der Waals surface area (Å²) in [5, 5.41) is 3.94. The van der Waals surface area contributed by atoms with Gasteiger partial charge in [0.25, 0.3) is 6.43 Å². The predicted octanol–water partition coefficient (Wildman–Crippen LogP) is 4.56. The van der Waals surface area contributed by atoms with E-state index in [-0.39, 0.29) is 0 Å². The normalized spacial score (nSPS) is 11.2. The van der Waals surface area contributed by atoms with E-state index in [9.17, 15) is 8.78 Å². The lowest BCUT2D eigenvalue weighted by Gasteiger charge is -2.10. The van der Waals surface area contributed by atoms with Crippen molar-refractivity contribution in [3.8, 4) is 0 Å². The second-order valence-electron chi connectivity index (χ2n) is 4.74. The third kappa shape index (κ3) is 3.62. The number of anilines is 1. The lowest BCUT2D eigenvalue weighted by molar-refractivity contribution is 0.141. The van der Waals surface area contributed by atoms with Crippen LogP contribution in [-0.4, -0.2) is 16.5 Å². The van der Waals surface area contributed by atoms with Gasteiger partial charge in [0, 0.05) is 11.9 Å². The highest BCUT2D eigenvalue weighted by Crippen LogP contribution is 2.24. The van der Waals surface area contributed by atoms with Gasteiger partial charge in [-0.25, -0.2) is 18.7 Å². The Bertz CT molecular complexity index is 558. The monoisotopic (exact) mass is 279 g/mol. The van der Waals surface area contributed by atoms with E-state index in [0.29, 0.717) is 11.3 Å². The number of aromatic nitrogens is 2. The molecule has 108 valence electrons. The van der Waals surface area contributed by atoms with Gasteiger partial charge in [0.15, 0.2) is 5.82 Å². The van der Waals surface area contributed by atoms with Gasteiger partial charge in [-0.15, -0.1) is 0 Å². The highest BCUT2D eigenvalue weighted by Gasteiger charge is 2.14. The Morgan fingerprint density at radius 1 is 1.10 bits per heavy atom. The molecule has 0 aliphatic rings. The van der Waals surface area contributed by atoms with E-state index in [0.717, 1.165) is 24.8 Å². The summed E-state index contributed by atoms with van der Waals surface area (Å²) >= 11 is 0. The van der Waals surface area contributed by atoms with Crippen molar-refractivity contribution in [3.63, 3.8) is 0 Å². The molecule has 0 amide bonds. The lowest BCUT2D eigenvalue weighted by atomic mass is 10.2. The topological polar surface area (TPSA) is 37.8 Å². The summed E-state index contributed by atoms with van der Waals surface area (Å²) in [6.45, 7) is 2.89. The van der Waals surface area contributed by atoms with Gasteiger partial charge in [-0.1, -0.05) is 38.3 Å². The molecule has 0 aliphatic heterocycles. The summed E-state index contributed by atoms with van der Waals surface area (Å²) in [6.07, 6.45) is 1.85. The largest absolute Gasteiger partial charge is 0.369 e. The van der Waals surface area contributed by atoms with Crippen LogP contribution in [0.5, 0.6) is 0 Å². The van der Waals surface area contributed by atoms with Crippen LogP contribution in [0.25, 0.3) is 10.9 Å². The van der Waals surface area contributed by atoms with Crippen molar-refractivity contribution in [1.29, 1.82) is 0 Å². The third-order valence-electron chi connectivity index (χ3n) is 3.14. The van der Waals surface area contributed by atoms with E-state index in [4.69, 9.17) is 0 Å². The molecule has 0 saturated heterocycles. The quantitative estimate of drug-likeness (QED) is 0.755. The third-order valence-corrected chi connectivity index (χ3v) is 3.14. The number of rotatable bonds is 7. The van der Waals surface area contributed by atoms with Crippen molar-refractivity contribution in [3.05, 3.63) is 30.1 Å². The Morgan fingerprint density at radius 3 is 2.65 bits per heavy atom. The molecule has 3 nitrogen and oxygen atoms in total. The maximum atomic E-state index is 12.8. The van der Waals surface area contributed by atoms with Crippen LogP contribution in [0.1, 0.15) is 44.9 Å². The Labute approximate surface area is 117 Å². The molecule has 0 radical (unpaired) electrons. The SMILES string of the molecule is CCCCCCNc1nc(C(F)F)nc2ccccc12. The van der Waals surface area contributed by atoms with Crippen LogP contribution in [0.4, 0.5) is 14.6 Å². The summed E-state index contributed by atoms with van der Waals surface area (Å²) in [5.74, 6) is 0.0853. The number of hydrogen-bond donors (Lipinski definition) is 1. The van der Waals surface area contributed by atoms with Gasteiger partial charge in [-0.2, -0.15) is 0 Å². The molecule has 0 aliphatic carbocycles. The molecule has 0 unspecified atom stereocenters. The molecule has 0 fully saturated rings. The Kier molecular flexibility index (Phi) is 5.21. The average molecular weight is 279 g/mol. The first-order chi connectivity index (χ1) is 9.72. The molecule has 5 heteroatoms. The van der Waals surface area contributed by atoms with Crippen molar-refractivity contribution in [2.45, 2.75) is 39.0 Å². The van der Waals surface area contributed by atoms with Gasteiger partial charge in [-0.3, -0.25) is 0 Å². The number of benzene rings is 1. The molecule has 2 aromatic rings. The molecule has 1 heterocycles. The first kappa shape index (κ1) is 14.6. The van der Waals surface area contributed by atoms with Crippen LogP contribution in [0, 0.1) is 0 Å². The standard InChI is InChI=1S/C15H19F2N3/c1-2-3-4-7-10-18-14-11-8-5-6-9-12(11)19-15(20-14)13(16)17/h5-6,8-9,13H,2-4,7,10H2,1H3,(H,18,19,20). The Morgan fingerprint density at radius 2 is 1.90 bits per heavy atom. The van der Waals surface area contributed by atoms with Crippen LogP contribution < -0.4 is 5.32 Å². The van der Waals surface area contributed by atoms with Crippen LogP contribution in [0.15, 0.2) is 24.3 Å². The van der Waals surface area contributed by atoms with Crippen LogP contribution >= 0.6 is 0 Å². The number of nitrogens with one attached hydrogen (secondary N) is 1. The molecule has 0 saturated carbocycles. The fourth-order valence-corrected chi connectivity index (χ4v) is 2.09. The highest BCUT2D eigenvalue weighted by molar-refractivity contribution is 5.88. The maximum Gasteiger partial charge on any atom is 0.297 e.